The van der Waals surface area contributed by atoms with Gasteiger partial charge in [-0.05, 0) is 32.1 Å². The van der Waals surface area contributed by atoms with Crippen molar-refractivity contribution in [3.05, 3.63) is 0 Å². The van der Waals surface area contributed by atoms with Gasteiger partial charge in [-0.15, -0.1) is 0 Å². The molecule has 0 amide bonds. The highest BCUT2D eigenvalue weighted by molar-refractivity contribution is 6.48. The lowest BCUT2D eigenvalue weighted by Gasteiger charge is -2.42. The van der Waals surface area contributed by atoms with E-state index in [1.807, 2.05) is 0 Å². The predicted octanol–water partition coefficient (Wildman–Crippen LogP) is 0.175. The molecule has 4 N–H and O–H groups in total. The van der Waals surface area contributed by atoms with E-state index in [9.17, 15) is 14.9 Å². The third kappa shape index (κ3) is 2.55. The summed E-state index contributed by atoms with van der Waals surface area (Å²) >= 11 is 0. The van der Waals surface area contributed by atoms with Gasteiger partial charge in [-0.1, -0.05) is 13.2 Å². The first-order chi connectivity index (χ1) is 8.56. The molecule has 2 aliphatic rings. The average molecular weight is 254 g/mol. The molecule has 102 valence electrons. The van der Waals surface area contributed by atoms with E-state index in [1.54, 1.807) is 6.82 Å². The summed E-state index contributed by atoms with van der Waals surface area (Å²) in [5.74, 6) is -0.738. The van der Waals surface area contributed by atoms with Gasteiger partial charge in [0.25, 0.3) is 6.92 Å². The zero-order valence-electron chi connectivity index (χ0n) is 11.0. The van der Waals surface area contributed by atoms with E-state index in [0.29, 0.717) is 0 Å². The van der Waals surface area contributed by atoms with Gasteiger partial charge in [0.2, 0.25) is 0 Å². The number of piperidine rings is 1. The van der Waals surface area contributed by atoms with Crippen LogP contribution in [0.1, 0.15) is 25.7 Å². The first-order valence-corrected chi connectivity index (χ1v) is 6.94. The Hall–Kier alpha value is -0.585. The van der Waals surface area contributed by atoms with Gasteiger partial charge in [-0.3, -0.25) is 4.79 Å². The Labute approximate surface area is 108 Å². The van der Waals surface area contributed by atoms with Gasteiger partial charge in [0.15, 0.2) is 0 Å². The molecule has 0 aromatic heterocycles. The van der Waals surface area contributed by atoms with Gasteiger partial charge in [0, 0.05) is 18.0 Å². The van der Waals surface area contributed by atoms with E-state index >= 15 is 0 Å². The van der Waals surface area contributed by atoms with E-state index in [0.717, 1.165) is 45.1 Å². The van der Waals surface area contributed by atoms with Crippen molar-refractivity contribution in [2.45, 2.75) is 50.9 Å². The second-order valence-corrected chi connectivity index (χ2v) is 5.76. The average Bonchev–Trinajstić information content (AvgIpc) is 2.67. The zero-order chi connectivity index (χ0) is 13.2. The Morgan fingerprint density at radius 2 is 2.28 bits per heavy atom. The van der Waals surface area contributed by atoms with Crippen LogP contribution >= 0.6 is 0 Å². The molecule has 0 saturated carbocycles. The summed E-state index contributed by atoms with van der Waals surface area (Å²) in [6.07, 6.45) is 4.52. The fourth-order valence-electron chi connectivity index (χ4n) is 3.63. The molecule has 6 heteroatoms. The second-order valence-electron chi connectivity index (χ2n) is 5.76. The van der Waals surface area contributed by atoms with E-state index < -0.39 is 12.0 Å². The molecule has 3 unspecified atom stereocenters. The Morgan fingerprint density at radius 3 is 2.94 bits per heavy atom. The highest BCUT2D eigenvalue weighted by Gasteiger charge is 2.53. The SMILES string of the molecule is CB(O)CCCC12CCCNC1CNC2C(=O)O. The number of hydrogen-bond donors (Lipinski definition) is 4. The van der Waals surface area contributed by atoms with E-state index in [1.165, 1.54) is 0 Å². The van der Waals surface area contributed by atoms with Crippen LogP contribution in [0, 0.1) is 5.41 Å². The number of hydrogen-bond acceptors (Lipinski definition) is 4. The molecular weight excluding hydrogens is 231 g/mol. The van der Waals surface area contributed by atoms with E-state index in [-0.39, 0.29) is 18.4 Å². The Bertz CT molecular complexity index is 314. The molecule has 0 aromatic carbocycles. The van der Waals surface area contributed by atoms with Gasteiger partial charge in [-0.2, -0.15) is 0 Å². The molecule has 5 nitrogen and oxygen atoms in total. The molecule has 2 fully saturated rings. The van der Waals surface area contributed by atoms with Gasteiger partial charge in [0.05, 0.1) is 0 Å². The van der Waals surface area contributed by atoms with Crippen LogP contribution in [0.2, 0.25) is 13.1 Å². The number of rotatable bonds is 5. The van der Waals surface area contributed by atoms with Gasteiger partial charge in [0.1, 0.15) is 6.04 Å². The number of carbonyl (C=O) groups is 1. The van der Waals surface area contributed by atoms with Gasteiger partial charge < -0.3 is 20.8 Å². The van der Waals surface area contributed by atoms with Crippen LogP contribution in [-0.2, 0) is 4.79 Å². The Morgan fingerprint density at radius 1 is 1.50 bits per heavy atom. The van der Waals surface area contributed by atoms with Crippen LogP contribution in [0.4, 0.5) is 0 Å². The maximum atomic E-state index is 11.4. The molecule has 18 heavy (non-hydrogen) atoms. The van der Waals surface area contributed by atoms with Crippen molar-refractivity contribution in [1.82, 2.24) is 10.6 Å². The molecule has 3 atom stereocenters. The third-order valence-electron chi connectivity index (χ3n) is 4.52. The number of aliphatic carboxylic acids is 1. The van der Waals surface area contributed by atoms with Crippen molar-refractivity contribution in [3.8, 4) is 0 Å². The molecule has 0 radical (unpaired) electrons. The van der Waals surface area contributed by atoms with Crippen molar-refractivity contribution in [1.29, 1.82) is 0 Å². The first kappa shape index (κ1) is 13.8. The van der Waals surface area contributed by atoms with Crippen molar-refractivity contribution in [2.75, 3.05) is 13.1 Å². The minimum Gasteiger partial charge on any atom is -0.480 e. The molecule has 0 aromatic rings. The topological polar surface area (TPSA) is 81.6 Å². The lowest BCUT2D eigenvalue weighted by molar-refractivity contribution is -0.142. The maximum Gasteiger partial charge on any atom is 0.321 e. The summed E-state index contributed by atoms with van der Waals surface area (Å²) in [6.45, 7) is 3.22. The minimum atomic E-state index is -0.738. The first-order valence-electron chi connectivity index (χ1n) is 6.94. The van der Waals surface area contributed by atoms with Crippen molar-refractivity contribution in [2.24, 2.45) is 5.41 Å². The van der Waals surface area contributed by atoms with Crippen molar-refractivity contribution in [3.63, 3.8) is 0 Å². The Balaban J connectivity index is 2.07. The van der Waals surface area contributed by atoms with E-state index in [2.05, 4.69) is 10.6 Å². The van der Waals surface area contributed by atoms with Crippen LogP contribution in [0.5, 0.6) is 0 Å². The van der Waals surface area contributed by atoms with Crippen molar-refractivity contribution >= 4 is 12.9 Å². The number of carboxylic acid groups (broad SMARTS) is 1. The van der Waals surface area contributed by atoms with Crippen LogP contribution in [0.15, 0.2) is 0 Å². The summed E-state index contributed by atoms with van der Waals surface area (Å²) in [6, 6.07) is -0.175. The summed E-state index contributed by atoms with van der Waals surface area (Å²) in [4.78, 5) is 11.4. The molecule has 2 heterocycles. The third-order valence-corrected chi connectivity index (χ3v) is 4.52. The molecular formula is C12H23BN2O3. The maximum absolute atomic E-state index is 11.4. The standard InChI is InChI=1S/C12H23BN2O3/c1-13(18)6-2-4-12-5-3-7-14-9(12)8-15-10(12)11(16)17/h9-10,14-15,18H,2-8H2,1H3,(H,16,17). The van der Waals surface area contributed by atoms with Crippen LogP contribution in [0.25, 0.3) is 0 Å². The normalized spacial score (nSPS) is 35.2. The molecule has 0 spiro atoms. The van der Waals surface area contributed by atoms with Gasteiger partial charge in [-0.25, -0.2) is 0 Å². The zero-order valence-corrected chi connectivity index (χ0v) is 11.0. The smallest absolute Gasteiger partial charge is 0.321 e. The van der Waals surface area contributed by atoms with E-state index in [4.69, 9.17) is 0 Å². The molecule has 0 bridgehead atoms. The van der Waals surface area contributed by atoms with Crippen LogP contribution < -0.4 is 10.6 Å². The van der Waals surface area contributed by atoms with Crippen LogP contribution in [0.3, 0.4) is 0 Å². The number of carboxylic acids is 1. The quantitative estimate of drug-likeness (QED) is 0.526. The molecule has 2 rings (SSSR count). The lowest BCUT2D eigenvalue weighted by Crippen LogP contribution is -2.54. The monoisotopic (exact) mass is 254 g/mol. The summed E-state index contributed by atoms with van der Waals surface area (Å²) in [7, 11) is 0. The second kappa shape index (κ2) is 5.59. The predicted molar refractivity (Wildman–Crippen MR) is 70.8 cm³/mol. The summed E-state index contributed by atoms with van der Waals surface area (Å²) in [5, 5.41) is 25.3. The van der Waals surface area contributed by atoms with Gasteiger partial charge >= 0.3 is 5.97 Å². The fourth-order valence-corrected chi connectivity index (χ4v) is 3.63. The van der Waals surface area contributed by atoms with Crippen LogP contribution in [-0.4, -0.2) is 48.2 Å². The summed E-state index contributed by atoms with van der Waals surface area (Å²) < 4.78 is 0. The fraction of sp³-hybridized carbons (Fsp3) is 0.917. The number of nitrogens with one attached hydrogen (secondary N) is 2. The number of fused-ring (bicyclic) bond motifs is 1. The molecule has 2 aliphatic heterocycles. The van der Waals surface area contributed by atoms with Crippen molar-refractivity contribution < 1.29 is 14.9 Å². The largest absolute Gasteiger partial charge is 0.480 e. The minimum absolute atomic E-state index is 0.168. The summed E-state index contributed by atoms with van der Waals surface area (Å²) in [5.41, 5.74) is -0.168. The lowest BCUT2D eigenvalue weighted by atomic mass is 9.62. The Kier molecular flexibility index (Phi) is 4.30. The molecule has 0 aliphatic carbocycles. The highest BCUT2D eigenvalue weighted by atomic mass is 16.4. The highest BCUT2D eigenvalue weighted by Crippen LogP contribution is 2.43. The molecule has 2 saturated heterocycles.